The van der Waals surface area contributed by atoms with Crippen molar-refractivity contribution in [3.63, 3.8) is 0 Å². The number of nitrogens with two attached hydrogens (primary N) is 1. The van der Waals surface area contributed by atoms with Gasteiger partial charge in [-0.15, -0.1) is 0 Å². The van der Waals surface area contributed by atoms with Gasteiger partial charge in [-0.1, -0.05) is 11.6 Å². The molecule has 6 heteroatoms. The van der Waals surface area contributed by atoms with E-state index in [4.69, 9.17) is 26.8 Å². The smallest absolute Gasteiger partial charge is 0.255 e. The Labute approximate surface area is 134 Å². The highest BCUT2D eigenvalue weighted by atomic mass is 35.5. The number of rotatable bonds is 4. The van der Waals surface area contributed by atoms with E-state index < -0.39 is 0 Å². The Hall–Kier alpha value is -2.40. The lowest BCUT2D eigenvalue weighted by Crippen LogP contribution is -2.13. The zero-order valence-corrected chi connectivity index (χ0v) is 13.3. The van der Waals surface area contributed by atoms with E-state index in [0.717, 1.165) is 5.56 Å². The van der Waals surface area contributed by atoms with Crippen LogP contribution >= 0.6 is 11.6 Å². The Kier molecular flexibility index (Phi) is 4.78. The standard InChI is InChI=1S/C16H17ClN2O3/c1-9-4-14(18)15(8-13(9)17)19-16(20)10-5-11(21-2)7-12(6-10)22-3/h4-8H,18H2,1-3H3,(H,19,20). The summed E-state index contributed by atoms with van der Waals surface area (Å²) in [5.74, 6) is 0.725. The van der Waals surface area contributed by atoms with Crippen molar-refractivity contribution in [2.75, 3.05) is 25.3 Å². The minimum absolute atomic E-state index is 0.330. The minimum atomic E-state index is -0.330. The maximum Gasteiger partial charge on any atom is 0.255 e. The molecule has 0 saturated heterocycles. The molecule has 0 atom stereocenters. The second-order valence-electron chi connectivity index (χ2n) is 4.74. The number of hydrogen-bond acceptors (Lipinski definition) is 4. The van der Waals surface area contributed by atoms with E-state index in [2.05, 4.69) is 5.32 Å². The average molecular weight is 321 g/mol. The number of nitrogen functional groups attached to an aromatic ring is 1. The summed E-state index contributed by atoms with van der Waals surface area (Å²) >= 11 is 6.06. The van der Waals surface area contributed by atoms with Crippen LogP contribution in [0.25, 0.3) is 0 Å². The van der Waals surface area contributed by atoms with Crippen LogP contribution in [0.3, 0.4) is 0 Å². The van der Waals surface area contributed by atoms with Gasteiger partial charge in [0, 0.05) is 16.7 Å². The topological polar surface area (TPSA) is 73.6 Å². The first-order chi connectivity index (χ1) is 10.4. The minimum Gasteiger partial charge on any atom is -0.497 e. The third-order valence-corrected chi connectivity index (χ3v) is 3.60. The van der Waals surface area contributed by atoms with Crippen molar-refractivity contribution in [2.24, 2.45) is 0 Å². The molecule has 2 aromatic carbocycles. The number of carbonyl (C=O) groups excluding carboxylic acids is 1. The number of halogens is 1. The zero-order chi connectivity index (χ0) is 16.3. The van der Waals surface area contributed by atoms with Crippen LogP contribution in [0, 0.1) is 6.92 Å². The van der Waals surface area contributed by atoms with Gasteiger partial charge in [0.25, 0.3) is 5.91 Å². The zero-order valence-electron chi connectivity index (χ0n) is 12.6. The third-order valence-electron chi connectivity index (χ3n) is 3.19. The number of ether oxygens (including phenoxy) is 2. The molecule has 0 heterocycles. The summed E-state index contributed by atoms with van der Waals surface area (Å²) in [6, 6.07) is 8.26. The predicted octanol–water partition coefficient (Wildman–Crippen LogP) is 3.50. The molecule has 0 aromatic heterocycles. The van der Waals surface area contributed by atoms with Crippen molar-refractivity contribution >= 4 is 28.9 Å². The Morgan fingerprint density at radius 2 is 1.68 bits per heavy atom. The highest BCUT2D eigenvalue weighted by Crippen LogP contribution is 2.28. The molecule has 0 spiro atoms. The summed E-state index contributed by atoms with van der Waals surface area (Å²) in [5.41, 5.74) is 8.06. The number of carbonyl (C=O) groups is 1. The lowest BCUT2D eigenvalue weighted by molar-refractivity contribution is 0.102. The van der Waals surface area contributed by atoms with E-state index in [-0.39, 0.29) is 5.91 Å². The van der Waals surface area contributed by atoms with Crippen LogP contribution in [0.2, 0.25) is 5.02 Å². The molecule has 0 radical (unpaired) electrons. The lowest BCUT2D eigenvalue weighted by atomic mass is 10.1. The van der Waals surface area contributed by atoms with Crippen LogP contribution in [0.4, 0.5) is 11.4 Å². The van der Waals surface area contributed by atoms with Crippen molar-refractivity contribution < 1.29 is 14.3 Å². The normalized spacial score (nSPS) is 10.2. The number of anilines is 2. The maximum absolute atomic E-state index is 12.4. The Bertz CT molecular complexity index is 695. The van der Waals surface area contributed by atoms with Crippen molar-refractivity contribution in [3.8, 4) is 11.5 Å². The van der Waals surface area contributed by atoms with E-state index in [1.165, 1.54) is 14.2 Å². The fourth-order valence-electron chi connectivity index (χ4n) is 1.95. The molecule has 3 N–H and O–H groups in total. The summed E-state index contributed by atoms with van der Waals surface area (Å²) in [4.78, 5) is 12.4. The first-order valence-corrected chi connectivity index (χ1v) is 6.92. The van der Waals surface area contributed by atoms with Gasteiger partial charge in [-0.25, -0.2) is 0 Å². The SMILES string of the molecule is COc1cc(OC)cc(C(=O)Nc2cc(Cl)c(C)cc2N)c1. The van der Waals surface area contributed by atoms with Gasteiger partial charge in [-0.05, 0) is 36.8 Å². The Morgan fingerprint density at radius 1 is 1.09 bits per heavy atom. The van der Waals surface area contributed by atoms with Gasteiger partial charge in [0.15, 0.2) is 0 Å². The number of methoxy groups -OCH3 is 2. The number of amides is 1. The molecular weight excluding hydrogens is 304 g/mol. The largest absolute Gasteiger partial charge is 0.497 e. The Balaban J connectivity index is 2.31. The molecule has 2 aromatic rings. The average Bonchev–Trinajstić information content (AvgIpc) is 2.51. The second kappa shape index (κ2) is 6.58. The molecule has 22 heavy (non-hydrogen) atoms. The first-order valence-electron chi connectivity index (χ1n) is 6.54. The fourth-order valence-corrected chi connectivity index (χ4v) is 2.11. The van der Waals surface area contributed by atoms with Crippen molar-refractivity contribution in [1.82, 2.24) is 0 Å². The van der Waals surface area contributed by atoms with E-state index in [0.29, 0.717) is 33.5 Å². The van der Waals surface area contributed by atoms with E-state index >= 15 is 0 Å². The van der Waals surface area contributed by atoms with Gasteiger partial charge < -0.3 is 20.5 Å². The quantitative estimate of drug-likeness (QED) is 0.846. The monoisotopic (exact) mass is 320 g/mol. The predicted molar refractivity (Wildman–Crippen MR) is 88.1 cm³/mol. The van der Waals surface area contributed by atoms with Gasteiger partial charge in [0.05, 0.1) is 25.6 Å². The fraction of sp³-hybridized carbons (Fsp3) is 0.188. The van der Waals surface area contributed by atoms with Gasteiger partial charge in [-0.2, -0.15) is 0 Å². The molecule has 0 unspecified atom stereocenters. The maximum atomic E-state index is 12.4. The van der Waals surface area contributed by atoms with Crippen LogP contribution < -0.4 is 20.5 Å². The van der Waals surface area contributed by atoms with Gasteiger partial charge in [-0.3, -0.25) is 4.79 Å². The number of hydrogen-bond donors (Lipinski definition) is 2. The lowest BCUT2D eigenvalue weighted by Gasteiger charge is -2.12. The van der Waals surface area contributed by atoms with E-state index in [1.807, 2.05) is 6.92 Å². The molecular formula is C16H17ClN2O3. The van der Waals surface area contributed by atoms with Crippen LogP contribution in [-0.2, 0) is 0 Å². The van der Waals surface area contributed by atoms with Crippen molar-refractivity contribution in [1.29, 1.82) is 0 Å². The highest BCUT2D eigenvalue weighted by Gasteiger charge is 2.12. The van der Waals surface area contributed by atoms with Gasteiger partial charge >= 0.3 is 0 Å². The molecule has 0 aliphatic rings. The molecule has 2 rings (SSSR count). The number of benzene rings is 2. The molecule has 1 amide bonds. The molecule has 0 saturated carbocycles. The highest BCUT2D eigenvalue weighted by molar-refractivity contribution is 6.32. The summed E-state index contributed by atoms with van der Waals surface area (Å²) in [5, 5.41) is 3.27. The van der Waals surface area contributed by atoms with Crippen molar-refractivity contribution in [3.05, 3.63) is 46.5 Å². The van der Waals surface area contributed by atoms with Crippen LogP contribution in [0.15, 0.2) is 30.3 Å². The van der Waals surface area contributed by atoms with Crippen molar-refractivity contribution in [2.45, 2.75) is 6.92 Å². The molecule has 0 aliphatic heterocycles. The molecule has 5 nitrogen and oxygen atoms in total. The van der Waals surface area contributed by atoms with Gasteiger partial charge in [0.1, 0.15) is 11.5 Å². The van der Waals surface area contributed by atoms with Gasteiger partial charge in [0.2, 0.25) is 0 Å². The number of aryl methyl sites for hydroxylation is 1. The molecule has 0 aliphatic carbocycles. The second-order valence-corrected chi connectivity index (χ2v) is 5.15. The van der Waals surface area contributed by atoms with E-state index in [1.54, 1.807) is 30.3 Å². The third kappa shape index (κ3) is 3.43. The van der Waals surface area contributed by atoms with E-state index in [9.17, 15) is 4.79 Å². The number of nitrogens with one attached hydrogen (secondary N) is 1. The summed E-state index contributed by atoms with van der Waals surface area (Å²) in [6.07, 6.45) is 0. The first kappa shape index (κ1) is 16.0. The summed E-state index contributed by atoms with van der Waals surface area (Å²) in [6.45, 7) is 1.84. The summed E-state index contributed by atoms with van der Waals surface area (Å²) < 4.78 is 10.3. The van der Waals surface area contributed by atoms with Crippen LogP contribution in [-0.4, -0.2) is 20.1 Å². The molecule has 0 fully saturated rings. The van der Waals surface area contributed by atoms with Crippen LogP contribution in [0.1, 0.15) is 15.9 Å². The van der Waals surface area contributed by atoms with Crippen LogP contribution in [0.5, 0.6) is 11.5 Å². The Morgan fingerprint density at radius 3 is 2.23 bits per heavy atom. The molecule has 116 valence electrons. The summed E-state index contributed by atoms with van der Waals surface area (Å²) in [7, 11) is 3.04. The molecule has 0 bridgehead atoms.